The molecule has 2 heteroatoms. The molecule has 0 atom stereocenters. The number of carbonyl (C=O) groups is 1. The number of ketones is 1. The molecule has 98 valence electrons. The van der Waals surface area contributed by atoms with Crippen LogP contribution in [0.25, 0.3) is 11.1 Å². The van der Waals surface area contributed by atoms with Gasteiger partial charge in [0.1, 0.15) is 0 Å². The van der Waals surface area contributed by atoms with E-state index in [1.54, 1.807) is 0 Å². The van der Waals surface area contributed by atoms with Crippen molar-refractivity contribution in [1.82, 2.24) is 0 Å². The van der Waals surface area contributed by atoms with Gasteiger partial charge in [-0.15, -0.1) is 0 Å². The molecule has 0 N–H and O–H groups in total. The Kier molecular flexibility index (Phi) is 4.87. The largest absolute Gasteiger partial charge is 0.381 e. The summed E-state index contributed by atoms with van der Waals surface area (Å²) in [5.41, 5.74) is 3.04. The number of ether oxygens (including phenoxy) is 1. The molecule has 2 aromatic rings. The molecule has 0 aromatic heterocycles. The van der Waals surface area contributed by atoms with E-state index in [0.29, 0.717) is 19.6 Å². The van der Waals surface area contributed by atoms with Gasteiger partial charge >= 0.3 is 0 Å². The third kappa shape index (κ3) is 3.76. The van der Waals surface area contributed by atoms with Crippen LogP contribution in [0, 0.1) is 0 Å². The minimum Gasteiger partial charge on any atom is -0.381 e. The summed E-state index contributed by atoms with van der Waals surface area (Å²) in [5.74, 6) is 0.132. The van der Waals surface area contributed by atoms with Crippen molar-refractivity contribution in [2.45, 2.75) is 13.3 Å². The average Bonchev–Trinajstić information content (AvgIpc) is 2.48. The molecular weight excluding hydrogens is 236 g/mol. The van der Waals surface area contributed by atoms with Gasteiger partial charge in [-0.25, -0.2) is 0 Å². The molecule has 0 unspecified atom stereocenters. The number of benzene rings is 2. The second kappa shape index (κ2) is 6.86. The quantitative estimate of drug-likeness (QED) is 0.576. The van der Waals surface area contributed by atoms with E-state index < -0.39 is 0 Å². The van der Waals surface area contributed by atoms with Crippen molar-refractivity contribution in [1.29, 1.82) is 0 Å². The molecule has 0 amide bonds. The summed E-state index contributed by atoms with van der Waals surface area (Å²) in [6.07, 6.45) is 0.443. The van der Waals surface area contributed by atoms with E-state index in [1.165, 1.54) is 0 Å². The molecule has 0 bridgehead atoms. The minimum atomic E-state index is 0.132. The van der Waals surface area contributed by atoms with Crippen LogP contribution in [0.3, 0.4) is 0 Å². The van der Waals surface area contributed by atoms with E-state index in [0.717, 1.165) is 16.7 Å². The summed E-state index contributed by atoms with van der Waals surface area (Å²) in [6.45, 7) is 3.08. The van der Waals surface area contributed by atoms with Gasteiger partial charge < -0.3 is 4.74 Å². The second-order valence-corrected chi connectivity index (χ2v) is 4.31. The molecule has 19 heavy (non-hydrogen) atoms. The fraction of sp³-hybridized carbons (Fsp3) is 0.235. The van der Waals surface area contributed by atoms with Crippen LogP contribution in [0.2, 0.25) is 0 Å². The van der Waals surface area contributed by atoms with Crippen LogP contribution in [0.1, 0.15) is 23.7 Å². The first-order valence-electron chi connectivity index (χ1n) is 6.57. The third-order valence-corrected chi connectivity index (χ3v) is 2.99. The van der Waals surface area contributed by atoms with Gasteiger partial charge in [-0.1, -0.05) is 54.6 Å². The number of Topliss-reactive ketones (excluding diaryl/α,β-unsaturated/α-hetero) is 1. The summed E-state index contributed by atoms with van der Waals surface area (Å²) in [6, 6.07) is 17.9. The van der Waals surface area contributed by atoms with Crippen molar-refractivity contribution in [3.05, 3.63) is 60.2 Å². The Bertz CT molecular complexity index is 515. The molecule has 2 nitrogen and oxygen atoms in total. The molecule has 0 aliphatic rings. The lowest BCUT2D eigenvalue weighted by atomic mass is 10.0. The van der Waals surface area contributed by atoms with Gasteiger partial charge in [0.2, 0.25) is 0 Å². The lowest BCUT2D eigenvalue weighted by molar-refractivity contribution is 0.0896. The van der Waals surface area contributed by atoms with E-state index in [-0.39, 0.29) is 5.78 Å². The van der Waals surface area contributed by atoms with Crippen LogP contribution in [0.5, 0.6) is 0 Å². The predicted molar refractivity (Wildman–Crippen MR) is 77.3 cm³/mol. The Morgan fingerprint density at radius 1 is 0.947 bits per heavy atom. The lowest BCUT2D eigenvalue weighted by Gasteiger charge is -2.04. The van der Waals surface area contributed by atoms with Gasteiger partial charge in [0.05, 0.1) is 6.61 Å². The standard InChI is InChI=1S/C17H18O2/c1-2-19-13-12-17(18)16-10-8-15(9-11-16)14-6-4-3-5-7-14/h3-11H,2,12-13H2,1H3. The SMILES string of the molecule is CCOCCC(=O)c1ccc(-c2ccccc2)cc1. The van der Waals surface area contributed by atoms with E-state index in [4.69, 9.17) is 4.74 Å². The molecule has 2 rings (SSSR count). The van der Waals surface area contributed by atoms with Gasteiger partial charge in [-0.3, -0.25) is 4.79 Å². The van der Waals surface area contributed by atoms with Crippen LogP contribution in [-0.4, -0.2) is 19.0 Å². The van der Waals surface area contributed by atoms with Gasteiger partial charge in [0, 0.05) is 18.6 Å². The highest BCUT2D eigenvalue weighted by Gasteiger charge is 2.05. The average molecular weight is 254 g/mol. The highest BCUT2D eigenvalue weighted by atomic mass is 16.5. The first-order valence-corrected chi connectivity index (χ1v) is 6.57. The Labute approximate surface area is 114 Å². The number of hydrogen-bond acceptors (Lipinski definition) is 2. The van der Waals surface area contributed by atoms with Crippen molar-refractivity contribution in [3.63, 3.8) is 0 Å². The number of rotatable bonds is 6. The Morgan fingerprint density at radius 2 is 1.58 bits per heavy atom. The Morgan fingerprint density at radius 3 is 2.21 bits per heavy atom. The van der Waals surface area contributed by atoms with Crippen molar-refractivity contribution >= 4 is 5.78 Å². The predicted octanol–water partition coefficient (Wildman–Crippen LogP) is 3.96. The molecule has 0 aliphatic heterocycles. The van der Waals surface area contributed by atoms with E-state index in [9.17, 15) is 4.79 Å². The smallest absolute Gasteiger partial charge is 0.165 e. The zero-order valence-electron chi connectivity index (χ0n) is 11.1. The van der Waals surface area contributed by atoms with E-state index >= 15 is 0 Å². The van der Waals surface area contributed by atoms with Crippen LogP contribution in [0.15, 0.2) is 54.6 Å². The van der Waals surface area contributed by atoms with Crippen molar-refractivity contribution < 1.29 is 9.53 Å². The zero-order chi connectivity index (χ0) is 13.5. The molecule has 0 fully saturated rings. The summed E-state index contributed by atoms with van der Waals surface area (Å²) >= 11 is 0. The maximum atomic E-state index is 11.9. The van der Waals surface area contributed by atoms with Gasteiger partial charge in [0.25, 0.3) is 0 Å². The third-order valence-electron chi connectivity index (χ3n) is 2.99. The summed E-state index contributed by atoms with van der Waals surface area (Å²) in [4.78, 5) is 11.9. The van der Waals surface area contributed by atoms with Gasteiger partial charge in [0.15, 0.2) is 5.78 Å². The van der Waals surface area contributed by atoms with Crippen molar-refractivity contribution in [3.8, 4) is 11.1 Å². The number of hydrogen-bond donors (Lipinski definition) is 0. The topological polar surface area (TPSA) is 26.3 Å². The summed E-state index contributed by atoms with van der Waals surface area (Å²) in [5, 5.41) is 0. The molecule has 0 aliphatic carbocycles. The second-order valence-electron chi connectivity index (χ2n) is 4.31. The van der Waals surface area contributed by atoms with Crippen molar-refractivity contribution in [2.24, 2.45) is 0 Å². The first-order chi connectivity index (χ1) is 9.31. The van der Waals surface area contributed by atoms with Crippen LogP contribution in [0.4, 0.5) is 0 Å². The molecular formula is C17H18O2. The van der Waals surface area contributed by atoms with Crippen LogP contribution >= 0.6 is 0 Å². The zero-order valence-corrected chi connectivity index (χ0v) is 11.1. The minimum absolute atomic E-state index is 0.132. The highest BCUT2D eigenvalue weighted by molar-refractivity contribution is 5.96. The highest BCUT2D eigenvalue weighted by Crippen LogP contribution is 2.19. The molecule has 0 saturated carbocycles. The molecule has 0 radical (unpaired) electrons. The molecule has 2 aromatic carbocycles. The lowest BCUT2D eigenvalue weighted by Crippen LogP contribution is -2.04. The monoisotopic (exact) mass is 254 g/mol. The Hall–Kier alpha value is -1.93. The van der Waals surface area contributed by atoms with Crippen molar-refractivity contribution in [2.75, 3.05) is 13.2 Å². The van der Waals surface area contributed by atoms with Crippen LogP contribution in [-0.2, 0) is 4.74 Å². The number of carbonyl (C=O) groups excluding carboxylic acids is 1. The maximum Gasteiger partial charge on any atom is 0.165 e. The maximum absolute atomic E-state index is 11.9. The van der Waals surface area contributed by atoms with E-state index in [1.807, 2.05) is 49.4 Å². The fourth-order valence-electron chi connectivity index (χ4n) is 1.93. The normalized spacial score (nSPS) is 10.4. The molecule has 0 spiro atoms. The van der Waals surface area contributed by atoms with Gasteiger partial charge in [-0.2, -0.15) is 0 Å². The van der Waals surface area contributed by atoms with E-state index in [2.05, 4.69) is 12.1 Å². The first kappa shape index (κ1) is 13.5. The summed E-state index contributed by atoms with van der Waals surface area (Å²) in [7, 11) is 0. The Balaban J connectivity index is 2.04. The fourth-order valence-corrected chi connectivity index (χ4v) is 1.93. The summed E-state index contributed by atoms with van der Waals surface area (Å²) < 4.78 is 5.20. The van der Waals surface area contributed by atoms with Gasteiger partial charge in [-0.05, 0) is 18.1 Å². The molecule has 0 heterocycles. The van der Waals surface area contributed by atoms with Crippen LogP contribution < -0.4 is 0 Å². The molecule has 0 saturated heterocycles.